The van der Waals surface area contributed by atoms with E-state index in [4.69, 9.17) is 15.2 Å². The first kappa shape index (κ1) is 16.4. The fraction of sp³-hybridized carbons (Fsp3) is 0.214. The van der Waals surface area contributed by atoms with E-state index in [1.165, 1.54) is 30.5 Å². The van der Waals surface area contributed by atoms with Gasteiger partial charge < -0.3 is 15.2 Å². The molecule has 1 aromatic carbocycles. The molecule has 1 amide bonds. The first-order valence-electron chi connectivity index (χ1n) is 6.45. The average molecular weight is 325 g/mol. The highest BCUT2D eigenvalue weighted by Gasteiger charge is 2.14. The molecule has 1 aromatic heterocycles. The molecule has 23 heavy (non-hydrogen) atoms. The van der Waals surface area contributed by atoms with Crippen LogP contribution in [0.3, 0.4) is 0 Å². The number of benzene rings is 1. The van der Waals surface area contributed by atoms with Crippen molar-refractivity contribution < 1.29 is 27.8 Å². The molecule has 9 heteroatoms. The zero-order chi connectivity index (χ0) is 16.8. The SMILES string of the molecule is NC(=O)COc1ccc(C(=O)OCc2nccn2C(F)F)cc1. The van der Waals surface area contributed by atoms with Gasteiger partial charge in [-0.25, -0.2) is 9.78 Å². The van der Waals surface area contributed by atoms with E-state index in [0.717, 1.165) is 6.20 Å². The van der Waals surface area contributed by atoms with E-state index in [1.54, 1.807) is 0 Å². The number of aromatic nitrogens is 2. The molecule has 2 aromatic rings. The monoisotopic (exact) mass is 325 g/mol. The van der Waals surface area contributed by atoms with Crippen molar-refractivity contribution in [2.45, 2.75) is 13.2 Å². The van der Waals surface area contributed by atoms with Gasteiger partial charge in [-0.15, -0.1) is 0 Å². The second-order valence-corrected chi connectivity index (χ2v) is 4.38. The van der Waals surface area contributed by atoms with Gasteiger partial charge in [-0.3, -0.25) is 9.36 Å². The Bertz CT molecular complexity index is 686. The van der Waals surface area contributed by atoms with Crippen molar-refractivity contribution in [3.8, 4) is 5.75 Å². The Morgan fingerprint density at radius 3 is 2.57 bits per heavy atom. The molecule has 0 saturated heterocycles. The maximum absolute atomic E-state index is 12.6. The van der Waals surface area contributed by atoms with Crippen LogP contribution >= 0.6 is 0 Å². The Morgan fingerprint density at radius 2 is 1.96 bits per heavy atom. The van der Waals surface area contributed by atoms with Crippen molar-refractivity contribution in [3.05, 3.63) is 48.0 Å². The van der Waals surface area contributed by atoms with Crippen LogP contribution in [0.15, 0.2) is 36.7 Å². The van der Waals surface area contributed by atoms with Crippen LogP contribution in [0.4, 0.5) is 8.78 Å². The van der Waals surface area contributed by atoms with Gasteiger partial charge in [0.25, 0.3) is 5.91 Å². The minimum absolute atomic E-state index is 0.0604. The molecule has 0 radical (unpaired) electrons. The number of ether oxygens (including phenoxy) is 2. The van der Waals surface area contributed by atoms with Crippen LogP contribution in [0.1, 0.15) is 22.7 Å². The van der Waals surface area contributed by atoms with E-state index in [-0.39, 0.29) is 24.6 Å². The first-order chi connectivity index (χ1) is 11.0. The van der Waals surface area contributed by atoms with Crippen LogP contribution in [0.2, 0.25) is 0 Å². The quantitative estimate of drug-likeness (QED) is 0.778. The number of imidazole rings is 1. The lowest BCUT2D eigenvalue weighted by Crippen LogP contribution is -2.20. The zero-order valence-electron chi connectivity index (χ0n) is 11.8. The van der Waals surface area contributed by atoms with Crippen LogP contribution in [0.25, 0.3) is 0 Å². The highest BCUT2D eigenvalue weighted by atomic mass is 19.3. The van der Waals surface area contributed by atoms with E-state index in [0.29, 0.717) is 10.3 Å². The number of halogens is 2. The summed E-state index contributed by atoms with van der Waals surface area (Å²) in [6.45, 7) is -3.41. The van der Waals surface area contributed by atoms with E-state index in [2.05, 4.69) is 4.98 Å². The number of nitrogens with zero attached hydrogens (tertiary/aromatic N) is 2. The Morgan fingerprint density at radius 1 is 1.26 bits per heavy atom. The summed E-state index contributed by atoms with van der Waals surface area (Å²) >= 11 is 0. The van der Waals surface area contributed by atoms with Crippen molar-refractivity contribution in [1.29, 1.82) is 0 Å². The predicted octanol–water partition coefficient (Wildman–Crippen LogP) is 1.50. The molecular formula is C14H13F2N3O4. The molecule has 2 rings (SSSR count). The second kappa shape index (κ2) is 7.34. The van der Waals surface area contributed by atoms with Crippen LogP contribution in [-0.4, -0.2) is 28.0 Å². The summed E-state index contributed by atoms with van der Waals surface area (Å²) in [6, 6.07) is 5.75. The Hall–Kier alpha value is -2.97. The summed E-state index contributed by atoms with van der Waals surface area (Å²) in [5, 5.41) is 0. The molecule has 0 unspecified atom stereocenters. The van der Waals surface area contributed by atoms with Crippen molar-refractivity contribution in [3.63, 3.8) is 0 Å². The van der Waals surface area contributed by atoms with Gasteiger partial charge in [0.1, 0.15) is 12.4 Å². The normalized spacial score (nSPS) is 10.6. The van der Waals surface area contributed by atoms with Gasteiger partial charge in [-0.2, -0.15) is 8.78 Å². The predicted molar refractivity (Wildman–Crippen MR) is 73.7 cm³/mol. The van der Waals surface area contributed by atoms with Crippen LogP contribution in [-0.2, 0) is 16.1 Å². The smallest absolute Gasteiger partial charge is 0.338 e. The number of esters is 1. The maximum atomic E-state index is 12.6. The molecule has 0 saturated carbocycles. The molecule has 0 spiro atoms. The molecule has 122 valence electrons. The highest BCUT2D eigenvalue weighted by molar-refractivity contribution is 5.89. The number of rotatable bonds is 7. The molecule has 0 aliphatic carbocycles. The van der Waals surface area contributed by atoms with E-state index < -0.39 is 18.4 Å². The summed E-state index contributed by atoms with van der Waals surface area (Å²) in [5.41, 5.74) is 5.14. The molecule has 0 fully saturated rings. The number of amides is 1. The van der Waals surface area contributed by atoms with Crippen LogP contribution < -0.4 is 10.5 Å². The van der Waals surface area contributed by atoms with Crippen molar-refractivity contribution in [2.75, 3.05) is 6.61 Å². The van der Waals surface area contributed by atoms with Gasteiger partial charge in [-0.1, -0.05) is 0 Å². The average Bonchev–Trinajstić information content (AvgIpc) is 3.00. The van der Waals surface area contributed by atoms with Crippen molar-refractivity contribution in [1.82, 2.24) is 9.55 Å². The lowest BCUT2D eigenvalue weighted by molar-refractivity contribution is -0.119. The summed E-state index contributed by atoms with van der Waals surface area (Å²) < 4.78 is 35.8. The lowest BCUT2D eigenvalue weighted by atomic mass is 10.2. The van der Waals surface area contributed by atoms with Gasteiger partial charge in [0.2, 0.25) is 0 Å². The third-order valence-electron chi connectivity index (χ3n) is 2.76. The fourth-order valence-electron chi connectivity index (χ4n) is 1.69. The van der Waals surface area contributed by atoms with E-state index >= 15 is 0 Å². The molecule has 1 heterocycles. The van der Waals surface area contributed by atoms with Crippen molar-refractivity contribution >= 4 is 11.9 Å². The number of hydrogen-bond donors (Lipinski definition) is 1. The Balaban J connectivity index is 1.93. The van der Waals surface area contributed by atoms with Crippen LogP contribution in [0.5, 0.6) is 5.75 Å². The summed E-state index contributed by atoms with van der Waals surface area (Å²) in [6.07, 6.45) is 2.29. The topological polar surface area (TPSA) is 96.4 Å². The lowest BCUT2D eigenvalue weighted by Gasteiger charge is -2.08. The Kier molecular flexibility index (Phi) is 5.23. The fourth-order valence-corrected chi connectivity index (χ4v) is 1.69. The molecule has 0 atom stereocenters. The van der Waals surface area contributed by atoms with E-state index in [9.17, 15) is 18.4 Å². The first-order valence-corrected chi connectivity index (χ1v) is 6.45. The Labute approximate surface area is 129 Å². The number of hydrogen-bond acceptors (Lipinski definition) is 5. The standard InChI is InChI=1S/C14H13F2N3O4/c15-14(16)19-6-5-18-12(19)8-23-13(21)9-1-3-10(4-2-9)22-7-11(17)20/h1-6,14H,7-8H2,(H2,17,20). The largest absolute Gasteiger partial charge is 0.484 e. The zero-order valence-corrected chi connectivity index (χ0v) is 11.8. The van der Waals surface area contributed by atoms with Crippen molar-refractivity contribution in [2.24, 2.45) is 5.73 Å². The van der Waals surface area contributed by atoms with Gasteiger partial charge in [-0.05, 0) is 24.3 Å². The van der Waals surface area contributed by atoms with Gasteiger partial charge >= 0.3 is 12.5 Å². The molecule has 0 bridgehead atoms. The van der Waals surface area contributed by atoms with E-state index in [1.807, 2.05) is 0 Å². The van der Waals surface area contributed by atoms with Gasteiger partial charge in [0, 0.05) is 12.4 Å². The van der Waals surface area contributed by atoms with Gasteiger partial charge in [0.05, 0.1) is 5.56 Å². The molecule has 0 aliphatic rings. The number of carbonyl (C=O) groups is 2. The van der Waals surface area contributed by atoms with Crippen LogP contribution in [0, 0.1) is 0 Å². The molecule has 0 aliphatic heterocycles. The molecule has 2 N–H and O–H groups in total. The minimum Gasteiger partial charge on any atom is -0.484 e. The number of primary amides is 1. The summed E-state index contributed by atoms with van der Waals surface area (Å²) in [5.74, 6) is -1.03. The molecular weight excluding hydrogens is 312 g/mol. The summed E-state index contributed by atoms with van der Waals surface area (Å²) in [4.78, 5) is 26.1. The maximum Gasteiger partial charge on any atom is 0.338 e. The second-order valence-electron chi connectivity index (χ2n) is 4.38. The summed E-state index contributed by atoms with van der Waals surface area (Å²) in [7, 11) is 0. The third-order valence-corrected chi connectivity index (χ3v) is 2.76. The van der Waals surface area contributed by atoms with Gasteiger partial charge in [0.15, 0.2) is 12.4 Å². The number of carbonyl (C=O) groups excluding carboxylic acids is 2. The number of alkyl halides is 2. The minimum atomic E-state index is -2.76. The third kappa shape index (κ3) is 4.50. The number of nitrogens with two attached hydrogens (primary N) is 1. The highest BCUT2D eigenvalue weighted by Crippen LogP contribution is 2.15. The molecule has 7 nitrogen and oxygen atoms in total.